The number of rotatable bonds is 3. The van der Waals surface area contributed by atoms with E-state index >= 15 is 0 Å². The van der Waals surface area contributed by atoms with E-state index in [0.717, 1.165) is 27.8 Å². The van der Waals surface area contributed by atoms with Crippen molar-refractivity contribution in [3.63, 3.8) is 0 Å². The van der Waals surface area contributed by atoms with E-state index in [1.165, 1.54) is 12.1 Å². The number of aromatic nitrogens is 2. The summed E-state index contributed by atoms with van der Waals surface area (Å²) in [6.07, 6.45) is 0. The normalized spacial score (nSPS) is 15.6. The van der Waals surface area contributed by atoms with Gasteiger partial charge in [0.05, 0.1) is 0 Å². The maximum absolute atomic E-state index is 13.1. The van der Waals surface area contributed by atoms with Crippen molar-refractivity contribution in [1.82, 2.24) is 15.1 Å². The van der Waals surface area contributed by atoms with E-state index in [1.54, 1.807) is 17.0 Å². The van der Waals surface area contributed by atoms with Crippen LogP contribution in [0.25, 0.3) is 22.0 Å². The molecule has 0 spiro atoms. The van der Waals surface area contributed by atoms with Gasteiger partial charge in [-0.05, 0) is 31.2 Å². The molecule has 1 aliphatic rings. The van der Waals surface area contributed by atoms with Crippen LogP contribution < -0.4 is 10.2 Å². The van der Waals surface area contributed by atoms with Crippen LogP contribution in [0.1, 0.15) is 6.92 Å². The molecule has 0 aliphatic carbocycles. The zero-order chi connectivity index (χ0) is 22.8. The number of piperazine rings is 1. The molecule has 1 fully saturated rings. The molecule has 1 aliphatic heterocycles. The van der Waals surface area contributed by atoms with Crippen molar-refractivity contribution in [1.29, 1.82) is 0 Å². The molecule has 1 atom stereocenters. The third-order valence-electron chi connectivity index (χ3n) is 6.00. The first kappa shape index (κ1) is 23.4. The second kappa shape index (κ2) is 10.1. The Labute approximate surface area is 203 Å². The van der Waals surface area contributed by atoms with Crippen molar-refractivity contribution in [2.45, 2.75) is 13.0 Å². The van der Waals surface area contributed by atoms with E-state index in [1.807, 2.05) is 42.5 Å². The summed E-state index contributed by atoms with van der Waals surface area (Å²) >= 11 is 0. The second-order valence-corrected chi connectivity index (χ2v) is 8.21. The molecule has 0 bridgehead atoms. The van der Waals surface area contributed by atoms with E-state index in [0.29, 0.717) is 25.3 Å². The second-order valence-electron chi connectivity index (χ2n) is 8.21. The molecule has 34 heavy (non-hydrogen) atoms. The first-order valence-electron chi connectivity index (χ1n) is 11.0. The number of carbonyl (C=O) groups is 1. The highest BCUT2D eigenvalue weighted by Gasteiger charge is 2.29. The zero-order valence-corrected chi connectivity index (χ0v) is 19.5. The topological polar surface area (TPSA) is 61.4 Å². The average Bonchev–Trinajstić information content (AvgIpc) is 2.85. The number of fused-ring (bicyclic) bond motifs is 1. The highest BCUT2D eigenvalue weighted by atomic mass is 35.5. The molecule has 3 aromatic carbocycles. The summed E-state index contributed by atoms with van der Waals surface area (Å²) < 4.78 is 13.1. The van der Waals surface area contributed by atoms with Crippen LogP contribution >= 0.6 is 12.4 Å². The number of halogens is 2. The lowest BCUT2D eigenvalue weighted by atomic mass is 10.0. The number of nitrogens with one attached hydrogen (secondary N) is 1. The Hall–Kier alpha value is -3.71. The van der Waals surface area contributed by atoms with E-state index < -0.39 is 0 Å². The predicted molar refractivity (Wildman–Crippen MR) is 136 cm³/mol. The summed E-state index contributed by atoms with van der Waals surface area (Å²) in [4.78, 5) is 16.7. The summed E-state index contributed by atoms with van der Waals surface area (Å²) in [5.41, 5.74) is 2.47. The Morgan fingerprint density at radius 1 is 0.912 bits per heavy atom. The summed E-state index contributed by atoms with van der Waals surface area (Å²) in [7, 11) is 0. The van der Waals surface area contributed by atoms with Gasteiger partial charge in [-0.3, -0.25) is 0 Å². The predicted octanol–water partition coefficient (Wildman–Crippen LogP) is 5.60. The van der Waals surface area contributed by atoms with Crippen molar-refractivity contribution in [3.05, 3.63) is 84.7 Å². The zero-order valence-electron chi connectivity index (χ0n) is 18.7. The van der Waals surface area contributed by atoms with Crippen LogP contribution in [0.3, 0.4) is 0 Å². The summed E-state index contributed by atoms with van der Waals surface area (Å²) in [5, 5.41) is 14.2. The molecule has 6 nitrogen and oxygen atoms in total. The van der Waals surface area contributed by atoms with Crippen molar-refractivity contribution >= 4 is 40.7 Å². The fourth-order valence-electron chi connectivity index (χ4n) is 4.30. The SMILES string of the molecule is C[C@H]1CN(C(=O)Nc2ccc(F)cc2)CCN1c1nnc(-c2ccccc2)c2ccccc12.Cl. The molecule has 1 aromatic heterocycles. The van der Waals surface area contributed by atoms with Crippen LogP contribution in [0.5, 0.6) is 0 Å². The number of anilines is 2. The van der Waals surface area contributed by atoms with Gasteiger partial charge in [0.2, 0.25) is 0 Å². The molecule has 1 N–H and O–H groups in total. The number of carbonyl (C=O) groups excluding carboxylic acids is 1. The summed E-state index contributed by atoms with van der Waals surface area (Å²) in [6, 6.07) is 23.9. The number of benzene rings is 3. The van der Waals surface area contributed by atoms with Crippen molar-refractivity contribution < 1.29 is 9.18 Å². The molecule has 5 rings (SSSR count). The van der Waals surface area contributed by atoms with Crippen molar-refractivity contribution in [2.75, 3.05) is 29.9 Å². The van der Waals surface area contributed by atoms with Gasteiger partial charge in [-0.15, -0.1) is 22.6 Å². The quantitative estimate of drug-likeness (QED) is 0.417. The number of urea groups is 1. The van der Waals surface area contributed by atoms with Gasteiger partial charge in [-0.2, -0.15) is 0 Å². The van der Waals surface area contributed by atoms with E-state index in [9.17, 15) is 9.18 Å². The molecular formula is C26H25ClFN5O. The van der Waals surface area contributed by atoms with Crippen LogP contribution in [-0.2, 0) is 0 Å². The van der Waals surface area contributed by atoms with Crippen LogP contribution in [0.2, 0.25) is 0 Å². The fourth-order valence-corrected chi connectivity index (χ4v) is 4.30. The van der Waals surface area contributed by atoms with Gasteiger partial charge in [0.1, 0.15) is 11.5 Å². The Bertz CT molecular complexity index is 1290. The lowest BCUT2D eigenvalue weighted by Crippen LogP contribution is -2.55. The first-order chi connectivity index (χ1) is 16.1. The van der Waals surface area contributed by atoms with Crippen LogP contribution in [0, 0.1) is 5.82 Å². The standard InChI is InChI=1S/C26H24FN5O.ClH/c1-18-17-31(26(33)28-21-13-11-20(27)12-14-21)15-16-32(18)25-23-10-6-5-9-22(23)24(29-30-25)19-7-3-2-4-8-19;/h2-14,18H,15-17H2,1H3,(H,28,33);1H/t18-;/m0./s1. The van der Waals surface area contributed by atoms with Gasteiger partial charge < -0.3 is 15.1 Å². The lowest BCUT2D eigenvalue weighted by molar-refractivity contribution is 0.200. The molecule has 2 heterocycles. The summed E-state index contributed by atoms with van der Waals surface area (Å²) in [6.45, 7) is 3.82. The smallest absolute Gasteiger partial charge is 0.321 e. The molecule has 0 radical (unpaired) electrons. The van der Waals surface area contributed by atoms with Crippen LogP contribution in [-0.4, -0.2) is 46.8 Å². The molecule has 174 valence electrons. The maximum atomic E-state index is 13.1. The Morgan fingerprint density at radius 3 is 2.29 bits per heavy atom. The molecule has 0 saturated carbocycles. The molecule has 0 unspecified atom stereocenters. The average molecular weight is 478 g/mol. The minimum absolute atomic E-state index is 0. The fraction of sp³-hybridized carbons (Fsp3) is 0.192. The molecule has 4 aromatic rings. The van der Waals surface area contributed by atoms with Gasteiger partial charge in [0.25, 0.3) is 0 Å². The number of amides is 2. The lowest BCUT2D eigenvalue weighted by Gasteiger charge is -2.40. The third-order valence-corrected chi connectivity index (χ3v) is 6.00. The van der Waals surface area contributed by atoms with Gasteiger partial charge in [0, 0.05) is 47.7 Å². The molecule has 1 saturated heterocycles. The minimum Gasteiger partial charge on any atom is -0.348 e. The van der Waals surface area contributed by atoms with Gasteiger partial charge in [-0.1, -0.05) is 54.6 Å². The maximum Gasteiger partial charge on any atom is 0.321 e. The largest absolute Gasteiger partial charge is 0.348 e. The van der Waals surface area contributed by atoms with Crippen LogP contribution in [0.4, 0.5) is 20.7 Å². The molecule has 2 amide bonds. The van der Waals surface area contributed by atoms with Crippen LogP contribution in [0.15, 0.2) is 78.9 Å². The first-order valence-corrected chi connectivity index (χ1v) is 11.0. The molecule has 8 heteroatoms. The van der Waals surface area contributed by atoms with E-state index in [-0.39, 0.29) is 30.3 Å². The summed E-state index contributed by atoms with van der Waals surface area (Å²) in [5.74, 6) is 0.498. The number of hydrogen-bond donors (Lipinski definition) is 1. The highest BCUT2D eigenvalue weighted by molar-refractivity contribution is 6.00. The van der Waals surface area contributed by atoms with E-state index in [4.69, 9.17) is 0 Å². The number of nitrogens with zero attached hydrogens (tertiary/aromatic N) is 4. The van der Waals surface area contributed by atoms with Gasteiger partial charge >= 0.3 is 6.03 Å². The van der Waals surface area contributed by atoms with Gasteiger partial charge in [0.15, 0.2) is 5.82 Å². The number of hydrogen-bond acceptors (Lipinski definition) is 4. The monoisotopic (exact) mass is 477 g/mol. The highest BCUT2D eigenvalue weighted by Crippen LogP contribution is 2.32. The molecular weight excluding hydrogens is 453 g/mol. The van der Waals surface area contributed by atoms with E-state index in [2.05, 4.69) is 39.5 Å². The third kappa shape index (κ3) is 4.65. The van der Waals surface area contributed by atoms with Gasteiger partial charge in [-0.25, -0.2) is 9.18 Å². The van der Waals surface area contributed by atoms with Crippen molar-refractivity contribution in [2.24, 2.45) is 0 Å². The Morgan fingerprint density at radius 2 is 1.59 bits per heavy atom. The van der Waals surface area contributed by atoms with Crippen molar-refractivity contribution in [3.8, 4) is 11.3 Å². The minimum atomic E-state index is -0.332. The Balaban J connectivity index is 0.00000274. The Kier molecular flexibility index (Phi) is 6.93.